The van der Waals surface area contributed by atoms with Gasteiger partial charge in [0.25, 0.3) is 5.56 Å². The van der Waals surface area contributed by atoms with E-state index in [2.05, 4.69) is 25.4 Å². The van der Waals surface area contributed by atoms with Crippen LogP contribution in [0, 0.1) is 5.82 Å². The maximum Gasteiger partial charge on any atom is 0.283 e. The first-order valence-electron chi connectivity index (χ1n) is 10.1. The summed E-state index contributed by atoms with van der Waals surface area (Å²) in [5.41, 5.74) is 1.45. The third-order valence-corrected chi connectivity index (χ3v) is 5.12. The van der Waals surface area contributed by atoms with Crippen LogP contribution < -0.4 is 15.0 Å². The van der Waals surface area contributed by atoms with Crippen molar-refractivity contribution in [1.82, 2.24) is 34.7 Å². The van der Waals surface area contributed by atoms with Crippen molar-refractivity contribution in [2.24, 2.45) is 0 Å². The Balaban J connectivity index is 1.40. The van der Waals surface area contributed by atoms with Crippen LogP contribution in [0.3, 0.4) is 0 Å². The number of nitrogens with zero attached hydrogens (tertiary/aromatic N) is 7. The summed E-state index contributed by atoms with van der Waals surface area (Å²) in [7, 11) is 3.09. The predicted octanol–water partition coefficient (Wildman–Crippen LogP) is 2.29. The molecule has 0 atom stereocenters. The van der Waals surface area contributed by atoms with Gasteiger partial charge in [-0.25, -0.2) is 14.1 Å². The van der Waals surface area contributed by atoms with Crippen molar-refractivity contribution in [1.29, 1.82) is 0 Å². The molecular weight excluding hydrogens is 445 g/mol. The molecule has 2 aromatic carbocycles. The molecule has 0 aliphatic carbocycles. The number of methoxy groups -OCH3 is 2. The van der Waals surface area contributed by atoms with Gasteiger partial charge in [0.15, 0.2) is 11.2 Å². The number of benzene rings is 2. The van der Waals surface area contributed by atoms with E-state index in [0.717, 1.165) is 5.56 Å². The maximum atomic E-state index is 13.1. The molecule has 0 saturated heterocycles. The van der Waals surface area contributed by atoms with Crippen LogP contribution in [0.4, 0.5) is 4.39 Å². The molecule has 172 valence electrons. The number of ether oxygens (including phenoxy) is 2. The number of halogens is 1. The van der Waals surface area contributed by atoms with Gasteiger partial charge in [0.1, 0.15) is 30.2 Å². The van der Waals surface area contributed by atoms with E-state index in [0.29, 0.717) is 35.1 Å². The lowest BCUT2D eigenvalue weighted by molar-refractivity contribution is 0.369. The third-order valence-electron chi connectivity index (χ3n) is 5.12. The zero-order chi connectivity index (χ0) is 23.7. The Morgan fingerprint density at radius 2 is 1.76 bits per heavy atom. The quantitative estimate of drug-likeness (QED) is 0.358. The molecule has 0 saturated carbocycles. The molecule has 5 aromatic rings. The average molecular weight is 463 g/mol. The second-order valence-electron chi connectivity index (χ2n) is 7.34. The number of fused-ring (bicyclic) bond motifs is 1. The molecule has 0 bridgehead atoms. The van der Waals surface area contributed by atoms with E-state index in [1.807, 2.05) is 0 Å². The lowest BCUT2D eigenvalue weighted by Crippen LogP contribution is -2.21. The molecular formula is C22H18FN7O4. The van der Waals surface area contributed by atoms with E-state index >= 15 is 0 Å². The minimum absolute atomic E-state index is 0.000693. The largest absolute Gasteiger partial charge is 0.497 e. The van der Waals surface area contributed by atoms with Gasteiger partial charge >= 0.3 is 0 Å². The first kappa shape index (κ1) is 21.2. The molecule has 5 rings (SSSR count). The van der Waals surface area contributed by atoms with Crippen molar-refractivity contribution < 1.29 is 18.4 Å². The van der Waals surface area contributed by atoms with Crippen molar-refractivity contribution in [3.05, 3.63) is 76.4 Å². The maximum absolute atomic E-state index is 13.1. The SMILES string of the molecule is COc1cc(OC)cc(-c2noc(Cn3cnc4c(nnn4Cc4ccc(F)cc4)c3=O)n2)c1. The van der Waals surface area contributed by atoms with Gasteiger partial charge in [-0.2, -0.15) is 4.98 Å². The van der Waals surface area contributed by atoms with Crippen molar-refractivity contribution in [3.8, 4) is 22.9 Å². The van der Waals surface area contributed by atoms with E-state index in [4.69, 9.17) is 14.0 Å². The Labute approximate surface area is 191 Å². The van der Waals surface area contributed by atoms with Crippen LogP contribution in [0.15, 0.2) is 58.1 Å². The smallest absolute Gasteiger partial charge is 0.283 e. The highest BCUT2D eigenvalue weighted by Crippen LogP contribution is 2.28. The second kappa shape index (κ2) is 8.73. The zero-order valence-corrected chi connectivity index (χ0v) is 18.2. The fourth-order valence-electron chi connectivity index (χ4n) is 3.39. The van der Waals surface area contributed by atoms with Crippen molar-refractivity contribution in [3.63, 3.8) is 0 Å². The van der Waals surface area contributed by atoms with Crippen LogP contribution in [-0.2, 0) is 13.1 Å². The summed E-state index contributed by atoms with van der Waals surface area (Å²) < 4.78 is 31.8. The van der Waals surface area contributed by atoms with Crippen LogP contribution in [0.1, 0.15) is 11.5 Å². The van der Waals surface area contributed by atoms with Crippen molar-refractivity contribution in [2.45, 2.75) is 13.1 Å². The fourth-order valence-corrected chi connectivity index (χ4v) is 3.39. The normalized spacial score (nSPS) is 11.1. The van der Waals surface area contributed by atoms with Crippen LogP contribution in [0.25, 0.3) is 22.6 Å². The molecule has 11 nitrogen and oxygen atoms in total. The van der Waals surface area contributed by atoms with Gasteiger partial charge < -0.3 is 14.0 Å². The molecule has 0 N–H and O–H groups in total. The molecule has 0 amide bonds. The van der Waals surface area contributed by atoms with E-state index in [1.165, 1.54) is 27.7 Å². The molecule has 0 radical (unpaired) electrons. The molecule has 34 heavy (non-hydrogen) atoms. The minimum Gasteiger partial charge on any atom is -0.497 e. The Bertz CT molecular complexity index is 1500. The highest BCUT2D eigenvalue weighted by Gasteiger charge is 2.16. The van der Waals surface area contributed by atoms with Crippen LogP contribution in [0.2, 0.25) is 0 Å². The van der Waals surface area contributed by atoms with E-state index < -0.39 is 5.56 Å². The van der Waals surface area contributed by atoms with Gasteiger partial charge in [-0.1, -0.05) is 22.5 Å². The average Bonchev–Trinajstić information content (AvgIpc) is 3.49. The lowest BCUT2D eigenvalue weighted by atomic mass is 10.2. The van der Waals surface area contributed by atoms with Gasteiger partial charge in [0.2, 0.25) is 11.7 Å². The molecule has 12 heteroatoms. The van der Waals surface area contributed by atoms with Crippen LogP contribution >= 0.6 is 0 Å². The summed E-state index contributed by atoms with van der Waals surface area (Å²) in [5.74, 6) is 1.35. The summed E-state index contributed by atoms with van der Waals surface area (Å²) in [4.78, 5) is 21.6. The third kappa shape index (κ3) is 4.08. The second-order valence-corrected chi connectivity index (χ2v) is 7.34. The van der Waals surface area contributed by atoms with E-state index in [-0.39, 0.29) is 23.8 Å². The molecule has 3 heterocycles. The zero-order valence-electron chi connectivity index (χ0n) is 18.2. The first-order chi connectivity index (χ1) is 16.5. The molecule has 3 aromatic heterocycles. The van der Waals surface area contributed by atoms with E-state index in [1.54, 1.807) is 44.6 Å². The fraction of sp³-hybridized carbons (Fsp3) is 0.182. The standard InChI is InChI=1S/C22H18FN7O4/c1-32-16-7-14(8-17(9-16)33-2)20-25-18(34-27-20)11-29-12-24-21-19(22(29)31)26-28-30(21)10-13-3-5-15(23)6-4-13/h3-9,12H,10-11H2,1-2H3. The Hall–Kier alpha value is -4.61. The predicted molar refractivity (Wildman–Crippen MR) is 117 cm³/mol. The molecule has 0 aliphatic heterocycles. The molecule has 0 fully saturated rings. The Morgan fingerprint density at radius 1 is 1.03 bits per heavy atom. The Kier molecular flexibility index (Phi) is 5.46. The van der Waals surface area contributed by atoms with Crippen LogP contribution in [0.5, 0.6) is 11.5 Å². The van der Waals surface area contributed by atoms with Crippen molar-refractivity contribution in [2.75, 3.05) is 14.2 Å². The van der Waals surface area contributed by atoms with Gasteiger partial charge in [-0.15, -0.1) is 5.10 Å². The molecule has 0 spiro atoms. The summed E-state index contributed by atoms with van der Waals surface area (Å²) in [6, 6.07) is 11.2. The summed E-state index contributed by atoms with van der Waals surface area (Å²) in [5, 5.41) is 12.0. The number of rotatable bonds is 7. The highest BCUT2D eigenvalue weighted by molar-refractivity contribution is 5.67. The van der Waals surface area contributed by atoms with Gasteiger partial charge in [-0.05, 0) is 29.8 Å². The topological polar surface area (TPSA) is 123 Å². The first-order valence-corrected chi connectivity index (χ1v) is 10.1. The number of aromatic nitrogens is 7. The van der Waals surface area contributed by atoms with Crippen LogP contribution in [-0.4, -0.2) is 48.9 Å². The monoisotopic (exact) mass is 463 g/mol. The van der Waals surface area contributed by atoms with Crippen molar-refractivity contribution >= 4 is 11.2 Å². The van der Waals surface area contributed by atoms with Gasteiger partial charge in [-0.3, -0.25) is 9.36 Å². The summed E-state index contributed by atoms with van der Waals surface area (Å²) in [6.07, 6.45) is 1.37. The number of hydrogen-bond acceptors (Lipinski definition) is 9. The van der Waals surface area contributed by atoms with E-state index in [9.17, 15) is 9.18 Å². The van der Waals surface area contributed by atoms with Gasteiger partial charge in [0.05, 0.1) is 20.8 Å². The summed E-state index contributed by atoms with van der Waals surface area (Å²) >= 11 is 0. The molecule has 0 unspecified atom stereocenters. The highest BCUT2D eigenvalue weighted by atomic mass is 19.1. The Morgan fingerprint density at radius 3 is 2.47 bits per heavy atom. The lowest BCUT2D eigenvalue weighted by Gasteiger charge is -2.05. The van der Waals surface area contributed by atoms with Gasteiger partial charge in [0, 0.05) is 11.6 Å². The molecule has 0 aliphatic rings. The minimum atomic E-state index is -0.404. The number of hydrogen-bond donors (Lipinski definition) is 0. The summed E-state index contributed by atoms with van der Waals surface area (Å²) in [6.45, 7) is 0.297.